The molecule has 4 heteroatoms. The summed E-state index contributed by atoms with van der Waals surface area (Å²) in [5, 5.41) is 3.25. The largest absolute Gasteiger partial charge is 0.384 e. The molecule has 96 valence electrons. The molecule has 1 rings (SSSR count). The van der Waals surface area contributed by atoms with Crippen LogP contribution in [0.3, 0.4) is 0 Å². The maximum Gasteiger partial charge on any atom is 0.136 e. The van der Waals surface area contributed by atoms with Crippen molar-refractivity contribution < 1.29 is 4.74 Å². The lowest BCUT2D eigenvalue weighted by atomic mass is 10.1. The zero-order valence-corrected chi connectivity index (χ0v) is 11.3. The molecule has 1 aromatic rings. The van der Waals surface area contributed by atoms with Crippen molar-refractivity contribution in [2.24, 2.45) is 0 Å². The van der Waals surface area contributed by atoms with E-state index in [4.69, 9.17) is 4.74 Å². The van der Waals surface area contributed by atoms with E-state index in [1.165, 1.54) is 0 Å². The normalized spacial score (nSPS) is 12.5. The zero-order chi connectivity index (χ0) is 12.7. The Morgan fingerprint density at radius 3 is 2.71 bits per heavy atom. The number of aromatic nitrogens is 2. The van der Waals surface area contributed by atoms with Crippen LogP contribution in [0.1, 0.15) is 44.6 Å². The van der Waals surface area contributed by atoms with Crippen molar-refractivity contribution in [1.29, 1.82) is 0 Å². The first-order chi connectivity index (χ1) is 8.21. The molecule has 0 aromatic carbocycles. The summed E-state index contributed by atoms with van der Waals surface area (Å²) < 4.78 is 5.16. The van der Waals surface area contributed by atoms with E-state index < -0.39 is 0 Å². The van der Waals surface area contributed by atoms with Gasteiger partial charge in [-0.1, -0.05) is 20.3 Å². The van der Waals surface area contributed by atoms with Gasteiger partial charge in [0, 0.05) is 31.3 Å². The number of nitrogens with one attached hydrogen (secondary N) is 1. The third kappa shape index (κ3) is 4.30. The maximum atomic E-state index is 5.16. The van der Waals surface area contributed by atoms with Crippen LogP contribution in [0.2, 0.25) is 0 Å². The number of ether oxygens (including phenoxy) is 1. The number of aryl methyl sites for hydroxylation is 1. The molecule has 1 unspecified atom stereocenters. The Kier molecular flexibility index (Phi) is 5.91. The Balaban J connectivity index is 2.93. The Morgan fingerprint density at radius 2 is 2.12 bits per heavy atom. The van der Waals surface area contributed by atoms with Gasteiger partial charge in [0.2, 0.25) is 0 Å². The minimum Gasteiger partial charge on any atom is -0.384 e. The van der Waals surface area contributed by atoms with Crippen molar-refractivity contribution in [1.82, 2.24) is 9.97 Å². The Labute approximate surface area is 104 Å². The fourth-order valence-electron chi connectivity index (χ4n) is 1.72. The molecule has 1 aromatic heterocycles. The van der Waals surface area contributed by atoms with Crippen molar-refractivity contribution >= 4 is 5.82 Å². The van der Waals surface area contributed by atoms with Gasteiger partial charge in [-0.3, -0.25) is 0 Å². The highest BCUT2D eigenvalue weighted by Gasteiger charge is 2.11. The number of anilines is 1. The molecule has 0 aliphatic carbocycles. The summed E-state index contributed by atoms with van der Waals surface area (Å²) in [6.07, 6.45) is 2.09. The minimum absolute atomic E-state index is 0.231. The van der Waals surface area contributed by atoms with Gasteiger partial charge in [0.1, 0.15) is 11.6 Å². The van der Waals surface area contributed by atoms with E-state index in [-0.39, 0.29) is 5.92 Å². The standard InChI is InChI=1S/C13H23N3O/c1-5-7-11-8-12(14-6-2)16-13(15-11)10(3)9-17-4/h8,10H,5-7,9H2,1-4H3,(H,14,15,16). The van der Waals surface area contributed by atoms with Gasteiger partial charge in [0.25, 0.3) is 0 Å². The smallest absolute Gasteiger partial charge is 0.136 e. The summed E-state index contributed by atoms with van der Waals surface area (Å²) in [5.41, 5.74) is 1.11. The van der Waals surface area contributed by atoms with Gasteiger partial charge in [-0.05, 0) is 13.3 Å². The van der Waals surface area contributed by atoms with E-state index in [0.29, 0.717) is 6.61 Å². The van der Waals surface area contributed by atoms with E-state index >= 15 is 0 Å². The summed E-state index contributed by atoms with van der Waals surface area (Å²) in [6, 6.07) is 2.04. The molecule has 1 atom stereocenters. The molecule has 0 radical (unpaired) electrons. The molecular weight excluding hydrogens is 214 g/mol. The van der Waals surface area contributed by atoms with Crippen LogP contribution in [-0.4, -0.2) is 30.2 Å². The Hall–Kier alpha value is -1.16. The molecule has 17 heavy (non-hydrogen) atoms. The summed E-state index contributed by atoms with van der Waals surface area (Å²) in [6.45, 7) is 7.85. The van der Waals surface area contributed by atoms with Crippen molar-refractivity contribution in [3.05, 3.63) is 17.6 Å². The highest BCUT2D eigenvalue weighted by atomic mass is 16.5. The van der Waals surface area contributed by atoms with Crippen LogP contribution in [0, 0.1) is 0 Å². The second-order valence-electron chi connectivity index (χ2n) is 4.24. The topological polar surface area (TPSA) is 47.0 Å². The summed E-state index contributed by atoms with van der Waals surface area (Å²) in [4.78, 5) is 9.11. The average Bonchev–Trinajstić information content (AvgIpc) is 2.30. The number of rotatable bonds is 7. The van der Waals surface area contributed by atoms with Gasteiger partial charge in [-0.2, -0.15) is 0 Å². The van der Waals surface area contributed by atoms with Crippen molar-refractivity contribution in [2.45, 2.75) is 39.5 Å². The number of hydrogen-bond acceptors (Lipinski definition) is 4. The van der Waals surface area contributed by atoms with Crippen LogP contribution >= 0.6 is 0 Å². The van der Waals surface area contributed by atoms with E-state index in [0.717, 1.165) is 36.7 Å². The molecule has 4 nitrogen and oxygen atoms in total. The van der Waals surface area contributed by atoms with Gasteiger partial charge in [-0.25, -0.2) is 9.97 Å². The first-order valence-electron chi connectivity index (χ1n) is 6.31. The van der Waals surface area contributed by atoms with Gasteiger partial charge < -0.3 is 10.1 Å². The zero-order valence-electron chi connectivity index (χ0n) is 11.3. The predicted molar refractivity (Wildman–Crippen MR) is 70.5 cm³/mol. The number of nitrogens with zero attached hydrogens (tertiary/aromatic N) is 2. The maximum absolute atomic E-state index is 5.16. The molecule has 1 N–H and O–H groups in total. The van der Waals surface area contributed by atoms with E-state index in [1.807, 2.05) is 6.07 Å². The van der Waals surface area contributed by atoms with E-state index in [9.17, 15) is 0 Å². The third-order valence-corrected chi connectivity index (χ3v) is 2.52. The van der Waals surface area contributed by atoms with Crippen LogP contribution in [0.4, 0.5) is 5.82 Å². The lowest BCUT2D eigenvalue weighted by molar-refractivity contribution is 0.181. The molecule has 0 bridgehead atoms. The minimum atomic E-state index is 0.231. The second kappa shape index (κ2) is 7.22. The molecular formula is C13H23N3O. The van der Waals surface area contributed by atoms with Gasteiger partial charge in [0.15, 0.2) is 0 Å². The Bertz CT molecular complexity index is 317. The molecule has 1 heterocycles. The molecule has 0 aliphatic rings. The number of hydrogen-bond donors (Lipinski definition) is 1. The van der Waals surface area contributed by atoms with Crippen LogP contribution < -0.4 is 5.32 Å². The Morgan fingerprint density at radius 1 is 1.35 bits per heavy atom. The monoisotopic (exact) mass is 237 g/mol. The van der Waals surface area contributed by atoms with Crippen LogP contribution in [-0.2, 0) is 11.2 Å². The van der Waals surface area contributed by atoms with Gasteiger partial charge >= 0.3 is 0 Å². The third-order valence-electron chi connectivity index (χ3n) is 2.52. The molecule has 0 spiro atoms. The van der Waals surface area contributed by atoms with Crippen LogP contribution in [0.25, 0.3) is 0 Å². The second-order valence-corrected chi connectivity index (χ2v) is 4.24. The van der Waals surface area contributed by atoms with E-state index in [1.54, 1.807) is 7.11 Å². The first-order valence-corrected chi connectivity index (χ1v) is 6.31. The van der Waals surface area contributed by atoms with Crippen molar-refractivity contribution in [3.63, 3.8) is 0 Å². The van der Waals surface area contributed by atoms with Crippen LogP contribution in [0.15, 0.2) is 6.07 Å². The van der Waals surface area contributed by atoms with E-state index in [2.05, 4.69) is 36.1 Å². The fraction of sp³-hybridized carbons (Fsp3) is 0.692. The highest BCUT2D eigenvalue weighted by molar-refractivity contribution is 5.36. The van der Waals surface area contributed by atoms with Crippen LogP contribution in [0.5, 0.6) is 0 Å². The molecule has 0 amide bonds. The van der Waals surface area contributed by atoms with Gasteiger partial charge in [0.05, 0.1) is 6.61 Å². The first kappa shape index (κ1) is 13.9. The molecule has 0 saturated carbocycles. The quantitative estimate of drug-likeness (QED) is 0.792. The predicted octanol–water partition coefficient (Wildman–Crippen LogP) is 2.61. The highest BCUT2D eigenvalue weighted by Crippen LogP contribution is 2.15. The molecule has 0 aliphatic heterocycles. The summed E-state index contributed by atoms with van der Waals surface area (Å²) >= 11 is 0. The summed E-state index contributed by atoms with van der Waals surface area (Å²) in [7, 11) is 1.71. The molecule has 0 saturated heterocycles. The average molecular weight is 237 g/mol. The van der Waals surface area contributed by atoms with Crippen molar-refractivity contribution in [2.75, 3.05) is 25.6 Å². The lowest BCUT2D eigenvalue weighted by Crippen LogP contribution is -2.11. The van der Waals surface area contributed by atoms with Crippen molar-refractivity contribution in [3.8, 4) is 0 Å². The fourth-order valence-corrected chi connectivity index (χ4v) is 1.72. The molecule has 0 fully saturated rings. The summed E-state index contributed by atoms with van der Waals surface area (Å²) in [5.74, 6) is 2.02. The SMILES string of the molecule is CCCc1cc(NCC)nc(C(C)COC)n1. The van der Waals surface area contributed by atoms with Gasteiger partial charge in [-0.15, -0.1) is 0 Å². The number of methoxy groups -OCH3 is 1. The lowest BCUT2D eigenvalue weighted by Gasteiger charge is -2.13.